The summed E-state index contributed by atoms with van der Waals surface area (Å²) in [5.74, 6) is 2.34. The molecule has 2 N–H and O–H groups in total. The summed E-state index contributed by atoms with van der Waals surface area (Å²) in [5, 5.41) is 10.8. The Hall–Kier alpha value is -1.54. The van der Waals surface area contributed by atoms with Gasteiger partial charge in [-0.2, -0.15) is 16.9 Å². The van der Waals surface area contributed by atoms with Crippen molar-refractivity contribution in [3.8, 4) is 0 Å². The number of carbonyl (C=O) groups is 1. The van der Waals surface area contributed by atoms with Gasteiger partial charge in [-0.1, -0.05) is 12.1 Å². The second-order valence-corrected chi connectivity index (χ2v) is 8.76. The van der Waals surface area contributed by atoms with Crippen LogP contribution in [0.1, 0.15) is 34.9 Å². The second-order valence-electron chi connectivity index (χ2n) is 7.54. The Labute approximate surface area is 183 Å². The summed E-state index contributed by atoms with van der Waals surface area (Å²) in [6.07, 6.45) is 5.22. The van der Waals surface area contributed by atoms with Crippen molar-refractivity contribution in [2.45, 2.75) is 25.3 Å². The Kier molecular flexibility index (Phi) is 8.41. The number of piperidine rings is 1. The molecular formula is C21H30ClN5OS. The second kappa shape index (κ2) is 11.0. The molecular weight excluding hydrogens is 406 g/mol. The smallest absolute Gasteiger partial charge is 0.276 e. The summed E-state index contributed by atoms with van der Waals surface area (Å²) in [4.78, 5) is 15.0. The van der Waals surface area contributed by atoms with Gasteiger partial charge in [0.1, 0.15) is 0 Å². The lowest BCUT2D eigenvalue weighted by Gasteiger charge is -2.26. The quantitative estimate of drug-likeness (QED) is 0.730. The maximum atomic E-state index is 12.5. The first-order valence-corrected chi connectivity index (χ1v) is 11.4. The van der Waals surface area contributed by atoms with E-state index in [-0.39, 0.29) is 18.3 Å². The Morgan fingerprint density at radius 1 is 1.21 bits per heavy atom. The van der Waals surface area contributed by atoms with Gasteiger partial charge in [0.2, 0.25) is 0 Å². The van der Waals surface area contributed by atoms with Crippen molar-refractivity contribution in [1.29, 1.82) is 0 Å². The maximum absolute atomic E-state index is 12.5. The van der Waals surface area contributed by atoms with E-state index in [0.29, 0.717) is 11.7 Å². The van der Waals surface area contributed by atoms with Crippen LogP contribution in [0.25, 0.3) is 0 Å². The fourth-order valence-corrected chi connectivity index (χ4v) is 4.76. The van der Waals surface area contributed by atoms with Gasteiger partial charge in [0.15, 0.2) is 5.69 Å². The lowest BCUT2D eigenvalue weighted by Crippen LogP contribution is -2.34. The number of amides is 1. The van der Waals surface area contributed by atoms with Gasteiger partial charge in [0.05, 0.1) is 6.04 Å². The van der Waals surface area contributed by atoms with E-state index in [9.17, 15) is 4.79 Å². The van der Waals surface area contributed by atoms with Crippen LogP contribution in [0.5, 0.6) is 0 Å². The Morgan fingerprint density at radius 2 is 2.00 bits per heavy atom. The molecule has 1 aromatic heterocycles. The molecule has 0 bridgehead atoms. The van der Waals surface area contributed by atoms with Gasteiger partial charge in [-0.05, 0) is 49.6 Å². The van der Waals surface area contributed by atoms with E-state index in [1.54, 1.807) is 6.07 Å². The molecule has 1 unspecified atom stereocenters. The topological polar surface area (TPSA) is 62.2 Å². The number of carbonyl (C=O) groups excluding carboxylic acids is 1. The van der Waals surface area contributed by atoms with Gasteiger partial charge in [-0.3, -0.25) is 9.48 Å². The average molecular weight is 436 g/mol. The number of anilines is 1. The minimum Gasteiger partial charge on any atom is -0.321 e. The van der Waals surface area contributed by atoms with E-state index in [2.05, 4.69) is 32.8 Å². The van der Waals surface area contributed by atoms with Crippen molar-refractivity contribution >= 4 is 35.8 Å². The lowest BCUT2D eigenvalue weighted by molar-refractivity contribution is 0.102. The fraction of sp³-hybridized carbons (Fsp3) is 0.524. The predicted octanol–water partition coefficient (Wildman–Crippen LogP) is 3.07. The first-order valence-electron chi connectivity index (χ1n) is 10.2. The van der Waals surface area contributed by atoms with Gasteiger partial charge in [-0.25, -0.2) is 0 Å². The number of hydrogen-bond acceptors (Lipinski definition) is 5. The van der Waals surface area contributed by atoms with Crippen LogP contribution in [0.15, 0.2) is 36.5 Å². The minimum atomic E-state index is -0.152. The highest BCUT2D eigenvalue weighted by Crippen LogP contribution is 2.17. The molecule has 2 aliphatic heterocycles. The Bertz CT molecular complexity index is 770. The molecule has 2 aliphatic rings. The highest BCUT2D eigenvalue weighted by Gasteiger charge is 2.18. The lowest BCUT2D eigenvalue weighted by atomic mass is 10.1. The number of aromatic nitrogens is 2. The van der Waals surface area contributed by atoms with Crippen molar-refractivity contribution in [2.24, 2.45) is 0 Å². The Balaban J connectivity index is 0.00000240. The minimum absolute atomic E-state index is 0. The fourth-order valence-electron chi connectivity index (χ4n) is 3.78. The van der Waals surface area contributed by atoms with Crippen molar-refractivity contribution in [3.63, 3.8) is 0 Å². The molecule has 8 heteroatoms. The summed E-state index contributed by atoms with van der Waals surface area (Å²) in [6.45, 7) is 5.49. The number of thioether (sulfide) groups is 1. The van der Waals surface area contributed by atoms with Crippen LogP contribution in [0.2, 0.25) is 0 Å². The summed E-state index contributed by atoms with van der Waals surface area (Å²) >= 11 is 2.04. The van der Waals surface area contributed by atoms with E-state index >= 15 is 0 Å². The summed E-state index contributed by atoms with van der Waals surface area (Å²) < 4.78 is 1.92. The molecule has 6 nitrogen and oxygen atoms in total. The van der Waals surface area contributed by atoms with Gasteiger partial charge >= 0.3 is 0 Å². The largest absolute Gasteiger partial charge is 0.321 e. The highest BCUT2D eigenvalue weighted by atomic mass is 35.5. The predicted molar refractivity (Wildman–Crippen MR) is 122 cm³/mol. The van der Waals surface area contributed by atoms with Crippen molar-refractivity contribution in [1.82, 2.24) is 20.0 Å². The number of benzene rings is 1. The van der Waals surface area contributed by atoms with Crippen LogP contribution in [0, 0.1) is 0 Å². The molecule has 1 amide bonds. The van der Waals surface area contributed by atoms with E-state index in [0.717, 1.165) is 44.6 Å². The number of rotatable bonds is 6. The third-order valence-corrected chi connectivity index (χ3v) is 6.46. The average Bonchev–Trinajstić information content (AvgIpc) is 3.25. The van der Waals surface area contributed by atoms with Crippen LogP contribution in [-0.4, -0.2) is 64.8 Å². The number of halogens is 1. The molecule has 4 rings (SSSR count). The van der Waals surface area contributed by atoms with Crippen LogP contribution < -0.4 is 10.6 Å². The maximum Gasteiger partial charge on any atom is 0.276 e. The zero-order chi connectivity index (χ0) is 19.2. The van der Waals surface area contributed by atoms with Crippen LogP contribution in [0.4, 0.5) is 5.69 Å². The zero-order valence-electron chi connectivity index (χ0n) is 16.7. The van der Waals surface area contributed by atoms with E-state index in [1.165, 1.54) is 30.2 Å². The SMILES string of the molecule is Cl.O=C(Nc1ccc(CCN2CCSCC2)cc1)c1ccn(C2CCCNC2)n1. The molecule has 2 saturated heterocycles. The molecule has 0 radical (unpaired) electrons. The number of hydrogen-bond donors (Lipinski definition) is 2. The van der Waals surface area contributed by atoms with Crippen LogP contribution >= 0.6 is 24.2 Å². The van der Waals surface area contributed by atoms with Crippen molar-refractivity contribution in [2.75, 3.05) is 49.5 Å². The highest BCUT2D eigenvalue weighted by molar-refractivity contribution is 7.99. The van der Waals surface area contributed by atoms with Crippen molar-refractivity contribution in [3.05, 3.63) is 47.8 Å². The number of nitrogens with one attached hydrogen (secondary N) is 2. The first-order chi connectivity index (χ1) is 13.8. The van der Waals surface area contributed by atoms with Crippen LogP contribution in [-0.2, 0) is 6.42 Å². The third kappa shape index (κ3) is 6.22. The molecule has 2 aromatic rings. The molecule has 29 heavy (non-hydrogen) atoms. The molecule has 2 fully saturated rings. The van der Waals surface area contributed by atoms with Gasteiger partial charge in [-0.15, -0.1) is 12.4 Å². The van der Waals surface area contributed by atoms with E-state index < -0.39 is 0 Å². The molecule has 1 aromatic carbocycles. The molecule has 1 atom stereocenters. The van der Waals surface area contributed by atoms with Gasteiger partial charge in [0, 0.05) is 49.6 Å². The zero-order valence-corrected chi connectivity index (χ0v) is 18.3. The molecule has 0 aliphatic carbocycles. The molecule has 3 heterocycles. The summed E-state index contributed by atoms with van der Waals surface area (Å²) in [5.41, 5.74) is 2.60. The molecule has 0 saturated carbocycles. The first kappa shape index (κ1) is 22.2. The van der Waals surface area contributed by atoms with Crippen molar-refractivity contribution < 1.29 is 4.79 Å². The normalized spacial score (nSPS) is 20.1. The molecule has 0 spiro atoms. The van der Waals surface area contributed by atoms with E-state index in [1.807, 2.05) is 34.8 Å². The van der Waals surface area contributed by atoms with Crippen LogP contribution in [0.3, 0.4) is 0 Å². The molecule has 158 valence electrons. The monoisotopic (exact) mass is 435 g/mol. The third-order valence-electron chi connectivity index (χ3n) is 5.52. The van der Waals surface area contributed by atoms with E-state index in [4.69, 9.17) is 0 Å². The number of nitrogens with zero attached hydrogens (tertiary/aromatic N) is 3. The Morgan fingerprint density at radius 3 is 2.72 bits per heavy atom. The summed E-state index contributed by atoms with van der Waals surface area (Å²) in [6, 6.07) is 10.3. The summed E-state index contributed by atoms with van der Waals surface area (Å²) in [7, 11) is 0. The van der Waals surface area contributed by atoms with Gasteiger partial charge < -0.3 is 15.5 Å². The van der Waals surface area contributed by atoms with Gasteiger partial charge in [0.25, 0.3) is 5.91 Å². The standard InChI is InChI=1S/C21H29N5OS.ClH/c27-21(20-8-11-26(24-20)19-2-1-9-22-16-19)23-18-5-3-17(4-6-18)7-10-25-12-14-28-15-13-25;/h3-6,8,11,19,22H,1-2,7,9-10,12-16H2,(H,23,27);1H.